The molecule has 6 heteroatoms. The fourth-order valence-corrected chi connectivity index (χ4v) is 7.64. The summed E-state index contributed by atoms with van der Waals surface area (Å²) in [5.74, 6) is -0.900. The molecule has 0 aromatic heterocycles. The van der Waals surface area contributed by atoms with Gasteiger partial charge in [0.05, 0.1) is 0 Å². The third-order valence-electron chi connectivity index (χ3n) is 11.8. The molecule has 0 fully saturated rings. The van der Waals surface area contributed by atoms with Crippen molar-refractivity contribution in [1.29, 1.82) is 0 Å². The number of rotatable bonds is 49. The fraction of sp³-hybridized carbons (Fsp3) is 0.807. The molecule has 1 atom stereocenters. The minimum atomic E-state index is -0.783. The van der Waals surface area contributed by atoms with Crippen molar-refractivity contribution in [1.82, 2.24) is 0 Å². The molecule has 0 aliphatic heterocycles. The zero-order chi connectivity index (χ0) is 45.8. The fourth-order valence-electron chi connectivity index (χ4n) is 7.64. The van der Waals surface area contributed by atoms with Crippen LogP contribution in [0.4, 0.5) is 0 Å². The summed E-state index contributed by atoms with van der Waals surface area (Å²) in [6.45, 7) is 6.59. The molecule has 6 nitrogen and oxygen atoms in total. The molecule has 0 aromatic rings. The van der Waals surface area contributed by atoms with Gasteiger partial charge in [0.1, 0.15) is 13.2 Å². The molecular weight excluding hydrogens is 781 g/mol. The zero-order valence-electron chi connectivity index (χ0n) is 41.8. The number of esters is 3. The molecule has 0 amide bonds. The molecule has 0 saturated heterocycles. The third kappa shape index (κ3) is 50.2. The van der Waals surface area contributed by atoms with Crippen LogP contribution >= 0.6 is 0 Å². The van der Waals surface area contributed by atoms with Gasteiger partial charge in [0, 0.05) is 19.3 Å². The average Bonchev–Trinajstić information content (AvgIpc) is 3.28. The number of hydrogen-bond donors (Lipinski definition) is 0. The van der Waals surface area contributed by atoms with Crippen molar-refractivity contribution in [3.63, 3.8) is 0 Å². The number of ether oxygens (including phenoxy) is 3. The average molecular weight is 883 g/mol. The SMILES string of the molecule is CCCCC/C=C\C/C=C\CCCCCCCC(=O)OC[C@H](COC(=O)CCCCCCC/C=C\CCCCCCCC)OC(=O)CCCCCCCCC/C=C\CCCCCC. The molecule has 0 spiro atoms. The van der Waals surface area contributed by atoms with Crippen molar-refractivity contribution in [3.05, 3.63) is 48.6 Å². The molecule has 0 aliphatic rings. The summed E-state index contributed by atoms with van der Waals surface area (Å²) in [5, 5.41) is 0. The number of allylic oxidation sites excluding steroid dienone is 8. The Morgan fingerprint density at radius 3 is 0.937 bits per heavy atom. The molecule has 0 bridgehead atoms. The van der Waals surface area contributed by atoms with Crippen LogP contribution in [0.2, 0.25) is 0 Å². The van der Waals surface area contributed by atoms with Crippen LogP contribution in [0.3, 0.4) is 0 Å². The summed E-state index contributed by atoms with van der Waals surface area (Å²) in [4.78, 5) is 38.0. The summed E-state index contributed by atoms with van der Waals surface area (Å²) in [7, 11) is 0. The minimum Gasteiger partial charge on any atom is -0.462 e. The highest BCUT2D eigenvalue weighted by molar-refractivity contribution is 5.71. The van der Waals surface area contributed by atoms with E-state index in [4.69, 9.17) is 14.2 Å². The van der Waals surface area contributed by atoms with Gasteiger partial charge in [0.2, 0.25) is 0 Å². The molecule has 0 unspecified atom stereocenters. The van der Waals surface area contributed by atoms with E-state index in [1.807, 2.05) is 0 Å². The first kappa shape index (κ1) is 60.4. The quantitative estimate of drug-likeness (QED) is 0.0262. The lowest BCUT2D eigenvalue weighted by atomic mass is 10.1. The van der Waals surface area contributed by atoms with Crippen molar-refractivity contribution in [2.75, 3.05) is 13.2 Å². The molecule has 0 radical (unpaired) electrons. The Morgan fingerprint density at radius 1 is 0.317 bits per heavy atom. The van der Waals surface area contributed by atoms with Gasteiger partial charge in [-0.2, -0.15) is 0 Å². The van der Waals surface area contributed by atoms with E-state index in [2.05, 4.69) is 69.4 Å². The Morgan fingerprint density at radius 2 is 0.571 bits per heavy atom. The van der Waals surface area contributed by atoms with E-state index in [1.54, 1.807) is 0 Å². The summed E-state index contributed by atoms with van der Waals surface area (Å²) in [5.41, 5.74) is 0. The smallest absolute Gasteiger partial charge is 0.306 e. The van der Waals surface area contributed by atoms with Crippen LogP contribution in [-0.4, -0.2) is 37.2 Å². The van der Waals surface area contributed by atoms with Gasteiger partial charge in [0.15, 0.2) is 6.10 Å². The van der Waals surface area contributed by atoms with Crippen LogP contribution in [0.15, 0.2) is 48.6 Å². The first-order chi connectivity index (χ1) is 31.0. The first-order valence-electron chi connectivity index (χ1n) is 27.1. The van der Waals surface area contributed by atoms with Crippen LogP contribution in [-0.2, 0) is 28.6 Å². The maximum absolute atomic E-state index is 12.8. The molecule has 0 heterocycles. The van der Waals surface area contributed by atoms with Crippen LogP contribution in [0, 0.1) is 0 Å². The van der Waals surface area contributed by atoms with Crippen molar-refractivity contribution in [2.45, 2.75) is 284 Å². The summed E-state index contributed by atoms with van der Waals surface area (Å²) in [6.07, 6.45) is 62.3. The van der Waals surface area contributed by atoms with E-state index in [0.29, 0.717) is 19.3 Å². The van der Waals surface area contributed by atoms with Crippen molar-refractivity contribution < 1.29 is 28.6 Å². The van der Waals surface area contributed by atoms with Crippen molar-refractivity contribution in [3.8, 4) is 0 Å². The molecule has 63 heavy (non-hydrogen) atoms. The monoisotopic (exact) mass is 883 g/mol. The Balaban J connectivity index is 4.41. The lowest BCUT2D eigenvalue weighted by Crippen LogP contribution is -2.30. The topological polar surface area (TPSA) is 78.9 Å². The molecule has 0 aliphatic carbocycles. The van der Waals surface area contributed by atoms with E-state index >= 15 is 0 Å². The van der Waals surface area contributed by atoms with Crippen LogP contribution < -0.4 is 0 Å². The van der Waals surface area contributed by atoms with E-state index < -0.39 is 6.10 Å². The summed E-state index contributed by atoms with van der Waals surface area (Å²) in [6, 6.07) is 0. The third-order valence-corrected chi connectivity index (χ3v) is 11.8. The highest BCUT2D eigenvalue weighted by Gasteiger charge is 2.19. The predicted molar refractivity (Wildman–Crippen MR) is 270 cm³/mol. The van der Waals surface area contributed by atoms with Gasteiger partial charge in [-0.15, -0.1) is 0 Å². The van der Waals surface area contributed by atoms with Gasteiger partial charge in [-0.1, -0.05) is 204 Å². The minimum absolute atomic E-state index is 0.0827. The number of unbranched alkanes of at least 4 members (excludes halogenated alkanes) is 30. The molecule has 0 rings (SSSR count). The van der Waals surface area contributed by atoms with Crippen molar-refractivity contribution in [2.24, 2.45) is 0 Å². The second-order valence-electron chi connectivity index (χ2n) is 18.1. The van der Waals surface area contributed by atoms with Gasteiger partial charge in [-0.25, -0.2) is 0 Å². The molecule has 366 valence electrons. The van der Waals surface area contributed by atoms with Crippen molar-refractivity contribution >= 4 is 17.9 Å². The normalized spacial score (nSPS) is 12.4. The largest absolute Gasteiger partial charge is 0.462 e. The maximum atomic E-state index is 12.8. The Hall–Kier alpha value is -2.63. The highest BCUT2D eigenvalue weighted by Crippen LogP contribution is 2.14. The number of hydrogen-bond acceptors (Lipinski definition) is 6. The molecular formula is C57H102O6. The standard InChI is InChI=1S/C57H102O6/c1-4-7-10-13-16-19-22-25-28-31-34-37-40-43-46-49-55(58)61-52-54(63-57(60)51-48-45-42-39-36-33-30-27-24-21-18-15-12-9-6-3)53-62-56(59)50-47-44-41-38-35-32-29-26-23-20-17-14-11-8-5-2/h16,19,21,24-26,28-29,54H,4-15,17-18,20,22-23,27,30-53H2,1-3H3/b19-16-,24-21-,28-25-,29-26-/t54-/m1/s1. The second kappa shape index (κ2) is 52.0. The first-order valence-corrected chi connectivity index (χ1v) is 27.1. The van der Waals surface area contributed by atoms with Gasteiger partial charge in [-0.3, -0.25) is 14.4 Å². The second-order valence-corrected chi connectivity index (χ2v) is 18.1. The lowest BCUT2D eigenvalue weighted by molar-refractivity contribution is -0.167. The van der Waals surface area contributed by atoms with E-state index in [1.165, 1.54) is 154 Å². The van der Waals surface area contributed by atoms with Gasteiger partial charge < -0.3 is 14.2 Å². The highest BCUT2D eigenvalue weighted by atomic mass is 16.6. The Bertz CT molecular complexity index is 1110. The summed E-state index contributed by atoms with van der Waals surface area (Å²) >= 11 is 0. The lowest BCUT2D eigenvalue weighted by Gasteiger charge is -2.18. The van der Waals surface area contributed by atoms with E-state index in [-0.39, 0.29) is 31.1 Å². The Labute approximate surface area is 390 Å². The number of carbonyl (C=O) groups is 3. The molecule has 0 N–H and O–H groups in total. The molecule has 0 aromatic carbocycles. The summed E-state index contributed by atoms with van der Waals surface area (Å²) < 4.78 is 16.8. The Kier molecular flexibility index (Phi) is 49.8. The predicted octanol–water partition coefficient (Wildman–Crippen LogP) is 17.9. The van der Waals surface area contributed by atoms with Gasteiger partial charge >= 0.3 is 17.9 Å². The zero-order valence-corrected chi connectivity index (χ0v) is 41.8. The van der Waals surface area contributed by atoms with Crippen LogP contribution in [0.25, 0.3) is 0 Å². The van der Waals surface area contributed by atoms with Crippen LogP contribution in [0.1, 0.15) is 278 Å². The van der Waals surface area contributed by atoms with E-state index in [9.17, 15) is 14.4 Å². The van der Waals surface area contributed by atoms with E-state index in [0.717, 1.165) is 83.5 Å². The van der Waals surface area contributed by atoms with Gasteiger partial charge in [0.25, 0.3) is 0 Å². The van der Waals surface area contributed by atoms with Gasteiger partial charge in [-0.05, 0) is 103 Å². The molecule has 0 saturated carbocycles. The van der Waals surface area contributed by atoms with Crippen LogP contribution in [0.5, 0.6) is 0 Å². The maximum Gasteiger partial charge on any atom is 0.306 e. The number of carbonyl (C=O) groups excluding carboxylic acids is 3.